The Morgan fingerprint density at radius 1 is 1.14 bits per heavy atom. The Morgan fingerprint density at radius 2 is 1.93 bits per heavy atom. The van der Waals surface area contributed by atoms with Gasteiger partial charge in [0.2, 0.25) is 11.7 Å². The van der Waals surface area contributed by atoms with E-state index < -0.39 is 0 Å². The maximum Gasteiger partial charge on any atom is 0.237 e. The molecule has 0 amide bonds. The Morgan fingerprint density at radius 3 is 2.68 bits per heavy atom. The van der Waals surface area contributed by atoms with Crippen LogP contribution in [0, 0.1) is 5.92 Å². The summed E-state index contributed by atoms with van der Waals surface area (Å²) in [7, 11) is 0. The van der Waals surface area contributed by atoms with Crippen LogP contribution in [0.15, 0.2) is 51.1 Å². The van der Waals surface area contributed by atoms with E-state index >= 15 is 0 Å². The van der Waals surface area contributed by atoms with Gasteiger partial charge >= 0.3 is 0 Å². The molecule has 1 saturated heterocycles. The zero-order valence-electron chi connectivity index (χ0n) is 16.0. The van der Waals surface area contributed by atoms with E-state index in [4.69, 9.17) is 4.52 Å². The predicted molar refractivity (Wildman–Crippen MR) is 114 cm³/mol. The van der Waals surface area contributed by atoms with Crippen molar-refractivity contribution >= 4 is 29.3 Å². The van der Waals surface area contributed by atoms with E-state index in [0.717, 1.165) is 35.4 Å². The number of anilines is 1. The van der Waals surface area contributed by atoms with Crippen LogP contribution in [0.3, 0.4) is 0 Å². The van der Waals surface area contributed by atoms with Gasteiger partial charge in [0.1, 0.15) is 17.2 Å². The average Bonchev–Trinajstić information content (AvgIpc) is 3.22. The van der Waals surface area contributed by atoms with Gasteiger partial charge in [-0.15, -0.1) is 11.8 Å². The van der Waals surface area contributed by atoms with Gasteiger partial charge in [0.15, 0.2) is 0 Å². The first kappa shape index (κ1) is 19.3. The van der Waals surface area contributed by atoms with Gasteiger partial charge in [-0.05, 0) is 49.3 Å². The van der Waals surface area contributed by atoms with Crippen molar-refractivity contribution in [3.05, 3.63) is 42.5 Å². The van der Waals surface area contributed by atoms with E-state index in [9.17, 15) is 0 Å². The summed E-state index contributed by atoms with van der Waals surface area (Å²) in [5, 5.41) is 5.03. The van der Waals surface area contributed by atoms with Gasteiger partial charge in [-0.3, -0.25) is 0 Å². The molecule has 1 aromatic carbocycles. The van der Waals surface area contributed by atoms with Crippen LogP contribution in [0.2, 0.25) is 0 Å². The average molecular weight is 414 g/mol. The Balaban J connectivity index is 1.38. The normalized spacial score (nSPS) is 15.1. The lowest BCUT2D eigenvalue weighted by atomic mass is 9.99. The summed E-state index contributed by atoms with van der Waals surface area (Å²) in [5.41, 5.74) is 0.960. The molecule has 0 aliphatic carbocycles. The minimum atomic E-state index is 0.587. The second-order valence-electron chi connectivity index (χ2n) is 6.91. The minimum Gasteiger partial charge on any atom is -0.356 e. The highest BCUT2D eigenvalue weighted by Gasteiger charge is 2.17. The fourth-order valence-electron chi connectivity index (χ4n) is 3.13. The molecule has 0 N–H and O–H groups in total. The van der Waals surface area contributed by atoms with Crippen LogP contribution in [-0.2, 0) is 5.75 Å². The van der Waals surface area contributed by atoms with E-state index in [0.29, 0.717) is 17.5 Å². The van der Waals surface area contributed by atoms with Crippen LogP contribution < -0.4 is 4.90 Å². The van der Waals surface area contributed by atoms with E-state index in [-0.39, 0.29) is 0 Å². The second-order valence-corrected chi connectivity index (χ2v) is 8.79. The summed E-state index contributed by atoms with van der Waals surface area (Å²) in [6.45, 7) is 4.43. The number of hydrogen-bond donors (Lipinski definition) is 0. The van der Waals surface area contributed by atoms with E-state index in [1.165, 1.54) is 17.7 Å². The van der Waals surface area contributed by atoms with Crippen molar-refractivity contribution in [2.45, 2.75) is 35.4 Å². The van der Waals surface area contributed by atoms with E-state index in [2.05, 4.69) is 56.4 Å². The number of aromatic nitrogens is 4. The molecule has 28 heavy (non-hydrogen) atoms. The Kier molecular flexibility index (Phi) is 6.17. The molecule has 6 nitrogen and oxygen atoms in total. The molecule has 0 bridgehead atoms. The first-order valence-electron chi connectivity index (χ1n) is 9.38. The predicted octanol–water partition coefficient (Wildman–Crippen LogP) is 4.78. The van der Waals surface area contributed by atoms with Crippen molar-refractivity contribution in [1.82, 2.24) is 20.1 Å². The van der Waals surface area contributed by atoms with Gasteiger partial charge in [0, 0.05) is 29.6 Å². The van der Waals surface area contributed by atoms with Gasteiger partial charge in [0.25, 0.3) is 0 Å². The van der Waals surface area contributed by atoms with Crippen molar-refractivity contribution < 1.29 is 4.52 Å². The van der Waals surface area contributed by atoms with Crippen molar-refractivity contribution in [1.29, 1.82) is 0 Å². The maximum atomic E-state index is 5.41. The van der Waals surface area contributed by atoms with Crippen LogP contribution >= 0.6 is 23.5 Å². The van der Waals surface area contributed by atoms with Gasteiger partial charge in [0.05, 0.1) is 5.75 Å². The fourth-order valence-corrected chi connectivity index (χ4v) is 4.23. The fraction of sp³-hybridized carbons (Fsp3) is 0.400. The Bertz CT molecular complexity index is 907. The number of piperidine rings is 1. The van der Waals surface area contributed by atoms with Crippen LogP contribution in [0.25, 0.3) is 11.4 Å². The first-order chi connectivity index (χ1) is 13.7. The lowest BCUT2D eigenvalue weighted by Gasteiger charge is -2.31. The third-order valence-corrected chi connectivity index (χ3v) is 6.55. The molecule has 8 heteroatoms. The second kappa shape index (κ2) is 8.96. The highest BCUT2D eigenvalue weighted by molar-refractivity contribution is 7.98. The summed E-state index contributed by atoms with van der Waals surface area (Å²) in [4.78, 5) is 16.9. The Labute approximate surface area is 173 Å². The van der Waals surface area contributed by atoms with Crippen LogP contribution in [0.4, 0.5) is 5.82 Å². The number of benzene rings is 1. The van der Waals surface area contributed by atoms with Crippen molar-refractivity contribution in [3.63, 3.8) is 0 Å². The van der Waals surface area contributed by atoms with Gasteiger partial charge in [-0.25, -0.2) is 9.97 Å². The standard InChI is InChI=1S/C20H23N5OS2/c1-14-7-9-25(10-8-14)17-11-19(22-13-21-17)28-12-18-23-20(24-26-18)15-3-5-16(27-2)6-4-15/h3-6,11,13-14H,7-10,12H2,1-2H3. The third kappa shape index (κ3) is 4.67. The molecule has 3 aromatic rings. The molecule has 3 heterocycles. The van der Waals surface area contributed by atoms with Crippen molar-refractivity contribution in [3.8, 4) is 11.4 Å². The summed E-state index contributed by atoms with van der Waals surface area (Å²) in [5.74, 6) is 3.61. The number of hydrogen-bond acceptors (Lipinski definition) is 8. The molecule has 0 atom stereocenters. The maximum absolute atomic E-state index is 5.41. The van der Waals surface area contributed by atoms with Crippen LogP contribution in [0.1, 0.15) is 25.7 Å². The zero-order chi connectivity index (χ0) is 19.3. The van der Waals surface area contributed by atoms with Crippen molar-refractivity contribution in [2.75, 3.05) is 24.2 Å². The SMILES string of the molecule is CSc1ccc(-c2noc(CSc3cc(N4CCC(C)CC4)ncn3)n2)cc1. The number of thioether (sulfide) groups is 2. The molecular weight excluding hydrogens is 390 g/mol. The van der Waals surface area contributed by atoms with Gasteiger partial charge < -0.3 is 9.42 Å². The molecule has 1 aliphatic heterocycles. The van der Waals surface area contributed by atoms with E-state index in [1.54, 1.807) is 29.9 Å². The van der Waals surface area contributed by atoms with Crippen molar-refractivity contribution in [2.24, 2.45) is 5.92 Å². The number of rotatable bonds is 6. The topological polar surface area (TPSA) is 67.9 Å². The largest absolute Gasteiger partial charge is 0.356 e. The summed E-state index contributed by atoms with van der Waals surface area (Å²) < 4.78 is 5.41. The summed E-state index contributed by atoms with van der Waals surface area (Å²) >= 11 is 3.30. The highest BCUT2D eigenvalue weighted by atomic mass is 32.2. The van der Waals surface area contributed by atoms with E-state index in [1.807, 2.05) is 12.1 Å². The minimum absolute atomic E-state index is 0.587. The van der Waals surface area contributed by atoms with Crippen LogP contribution in [-0.4, -0.2) is 39.5 Å². The molecule has 4 rings (SSSR count). The van der Waals surface area contributed by atoms with Crippen LogP contribution in [0.5, 0.6) is 0 Å². The quantitative estimate of drug-likeness (QED) is 0.423. The molecule has 2 aromatic heterocycles. The first-order valence-corrected chi connectivity index (χ1v) is 11.6. The smallest absolute Gasteiger partial charge is 0.237 e. The molecule has 0 saturated carbocycles. The lowest BCUT2D eigenvalue weighted by molar-refractivity contribution is 0.391. The van der Waals surface area contributed by atoms with Gasteiger partial charge in [-0.2, -0.15) is 4.98 Å². The molecule has 1 fully saturated rings. The molecule has 0 radical (unpaired) electrons. The van der Waals surface area contributed by atoms with Gasteiger partial charge in [-0.1, -0.05) is 23.8 Å². The zero-order valence-corrected chi connectivity index (χ0v) is 17.7. The summed E-state index contributed by atoms with van der Waals surface area (Å²) in [6, 6.07) is 10.2. The Hall–Kier alpha value is -2.06. The summed E-state index contributed by atoms with van der Waals surface area (Å²) in [6.07, 6.45) is 6.13. The molecule has 1 aliphatic rings. The monoisotopic (exact) mass is 413 g/mol. The highest BCUT2D eigenvalue weighted by Crippen LogP contribution is 2.27. The lowest BCUT2D eigenvalue weighted by Crippen LogP contribution is -2.33. The number of nitrogens with zero attached hydrogens (tertiary/aromatic N) is 5. The molecule has 0 unspecified atom stereocenters. The third-order valence-electron chi connectivity index (χ3n) is 4.90. The molecular formula is C20H23N5OS2. The molecule has 0 spiro atoms. The molecule has 146 valence electrons.